The molecule has 0 aliphatic heterocycles. The summed E-state index contributed by atoms with van der Waals surface area (Å²) in [6.45, 7) is 1.46. The van der Waals surface area contributed by atoms with E-state index >= 15 is 0 Å². The minimum absolute atomic E-state index is 0.0740. The number of carbonyl (C=O) groups excluding carboxylic acids is 1. The van der Waals surface area contributed by atoms with Gasteiger partial charge in [-0.05, 0) is 25.0 Å². The van der Waals surface area contributed by atoms with Crippen molar-refractivity contribution in [1.82, 2.24) is 10.3 Å². The van der Waals surface area contributed by atoms with Crippen LogP contribution in [0.3, 0.4) is 0 Å². The van der Waals surface area contributed by atoms with Gasteiger partial charge in [0.2, 0.25) is 5.91 Å². The topological polar surface area (TPSA) is 70.9 Å². The molecule has 2 aromatic rings. The molecule has 0 saturated heterocycles. The van der Waals surface area contributed by atoms with Gasteiger partial charge in [-0.25, -0.2) is 0 Å². The van der Waals surface area contributed by atoms with Crippen molar-refractivity contribution in [3.63, 3.8) is 0 Å². The van der Waals surface area contributed by atoms with Crippen molar-refractivity contribution in [1.29, 1.82) is 0 Å². The molecule has 4 nitrogen and oxygen atoms in total. The Morgan fingerprint density at radius 3 is 2.67 bits per heavy atom. The minimum atomic E-state index is -4.47. The second-order valence-corrected chi connectivity index (χ2v) is 4.90. The predicted octanol–water partition coefficient (Wildman–Crippen LogP) is 2.19. The molecule has 114 valence electrons. The first-order chi connectivity index (χ1) is 9.82. The zero-order chi connectivity index (χ0) is 15.6. The standard InChI is InChI=1S/C14H16F3N3O/c1-8(19-12(21)7-18)6-10-9-4-2-3-5-11(9)20-13(10)14(15,16)17/h2-5,8,20H,6-7,18H2,1H3,(H,19,21). The number of fused-ring (bicyclic) bond motifs is 1. The Labute approximate surface area is 119 Å². The Morgan fingerprint density at radius 1 is 1.38 bits per heavy atom. The van der Waals surface area contributed by atoms with E-state index in [4.69, 9.17) is 5.73 Å². The van der Waals surface area contributed by atoms with Crippen LogP contribution in [0.4, 0.5) is 13.2 Å². The molecule has 1 aromatic carbocycles. The Morgan fingerprint density at radius 2 is 2.05 bits per heavy atom. The molecule has 2 rings (SSSR count). The van der Waals surface area contributed by atoms with E-state index in [0.717, 1.165) is 0 Å². The van der Waals surface area contributed by atoms with Crippen LogP contribution in [0.25, 0.3) is 10.9 Å². The first-order valence-electron chi connectivity index (χ1n) is 6.49. The van der Waals surface area contributed by atoms with Gasteiger partial charge in [-0.1, -0.05) is 18.2 Å². The summed E-state index contributed by atoms with van der Waals surface area (Å²) < 4.78 is 39.4. The summed E-state index contributed by atoms with van der Waals surface area (Å²) in [7, 11) is 0. The molecular weight excluding hydrogens is 283 g/mol. The van der Waals surface area contributed by atoms with E-state index in [1.165, 1.54) is 0 Å². The fourth-order valence-electron chi connectivity index (χ4n) is 2.34. The first-order valence-corrected chi connectivity index (χ1v) is 6.49. The highest BCUT2D eigenvalue weighted by Gasteiger charge is 2.36. The second-order valence-electron chi connectivity index (χ2n) is 4.90. The molecule has 0 bridgehead atoms. The largest absolute Gasteiger partial charge is 0.431 e. The Bertz CT molecular complexity index is 648. The molecule has 4 N–H and O–H groups in total. The summed E-state index contributed by atoms with van der Waals surface area (Å²) in [5, 5.41) is 3.08. The molecule has 0 aliphatic rings. The van der Waals surface area contributed by atoms with Crippen molar-refractivity contribution in [2.45, 2.75) is 25.6 Å². The maximum absolute atomic E-state index is 13.1. The number of carbonyl (C=O) groups is 1. The van der Waals surface area contributed by atoms with Gasteiger partial charge < -0.3 is 16.0 Å². The van der Waals surface area contributed by atoms with Gasteiger partial charge in [-0.3, -0.25) is 4.79 Å². The van der Waals surface area contributed by atoms with E-state index in [0.29, 0.717) is 10.9 Å². The van der Waals surface area contributed by atoms with Crippen LogP contribution in [-0.4, -0.2) is 23.5 Å². The number of alkyl halides is 3. The van der Waals surface area contributed by atoms with Crippen molar-refractivity contribution in [2.24, 2.45) is 5.73 Å². The number of rotatable bonds is 4. The number of aromatic nitrogens is 1. The van der Waals surface area contributed by atoms with Crippen molar-refractivity contribution >= 4 is 16.8 Å². The molecule has 1 amide bonds. The summed E-state index contributed by atoms with van der Waals surface area (Å²) in [5.74, 6) is -0.393. The number of halogens is 3. The summed E-state index contributed by atoms with van der Waals surface area (Å²) in [6, 6.07) is 6.14. The van der Waals surface area contributed by atoms with Gasteiger partial charge >= 0.3 is 6.18 Å². The van der Waals surface area contributed by atoms with E-state index in [9.17, 15) is 18.0 Å². The van der Waals surface area contributed by atoms with Crippen molar-refractivity contribution in [2.75, 3.05) is 6.54 Å². The number of nitrogens with one attached hydrogen (secondary N) is 2. The van der Waals surface area contributed by atoms with E-state index in [1.807, 2.05) is 0 Å². The Balaban J connectivity index is 2.39. The van der Waals surface area contributed by atoms with Crippen molar-refractivity contribution in [3.05, 3.63) is 35.5 Å². The average Bonchev–Trinajstić information content (AvgIpc) is 2.77. The van der Waals surface area contributed by atoms with E-state index < -0.39 is 23.8 Å². The van der Waals surface area contributed by atoms with Crippen LogP contribution in [0.15, 0.2) is 24.3 Å². The summed E-state index contributed by atoms with van der Waals surface area (Å²) >= 11 is 0. The van der Waals surface area contributed by atoms with E-state index in [2.05, 4.69) is 10.3 Å². The van der Waals surface area contributed by atoms with Crippen LogP contribution in [0.2, 0.25) is 0 Å². The van der Waals surface area contributed by atoms with Crippen LogP contribution >= 0.6 is 0 Å². The fourth-order valence-corrected chi connectivity index (χ4v) is 2.34. The lowest BCUT2D eigenvalue weighted by atomic mass is 10.0. The number of amides is 1. The lowest BCUT2D eigenvalue weighted by Gasteiger charge is -2.15. The summed E-state index contributed by atoms with van der Waals surface area (Å²) in [6.07, 6.45) is -4.39. The van der Waals surface area contributed by atoms with E-state index in [-0.39, 0.29) is 18.5 Å². The van der Waals surface area contributed by atoms with Crippen LogP contribution in [-0.2, 0) is 17.4 Å². The molecule has 0 radical (unpaired) electrons. The van der Waals surface area contributed by atoms with Crippen molar-refractivity contribution < 1.29 is 18.0 Å². The molecule has 0 fully saturated rings. The summed E-state index contributed by atoms with van der Waals surface area (Å²) in [5.41, 5.74) is 5.00. The van der Waals surface area contributed by atoms with E-state index in [1.54, 1.807) is 31.2 Å². The molecule has 0 saturated carbocycles. The maximum atomic E-state index is 13.1. The number of benzene rings is 1. The highest BCUT2D eigenvalue weighted by atomic mass is 19.4. The fraction of sp³-hybridized carbons (Fsp3) is 0.357. The molecule has 0 spiro atoms. The molecule has 1 heterocycles. The molecular formula is C14H16F3N3O. The number of hydrogen-bond acceptors (Lipinski definition) is 2. The highest BCUT2D eigenvalue weighted by molar-refractivity contribution is 5.85. The van der Waals surface area contributed by atoms with Crippen LogP contribution in [0.1, 0.15) is 18.2 Å². The molecule has 1 unspecified atom stereocenters. The van der Waals surface area contributed by atoms with Crippen LogP contribution in [0, 0.1) is 0 Å². The van der Waals surface area contributed by atoms with Gasteiger partial charge in [0, 0.05) is 16.9 Å². The normalized spacial score (nSPS) is 13.4. The van der Waals surface area contributed by atoms with Gasteiger partial charge in [0.1, 0.15) is 5.69 Å². The van der Waals surface area contributed by atoms with Gasteiger partial charge in [0.05, 0.1) is 6.54 Å². The SMILES string of the molecule is CC(Cc1c(C(F)(F)F)[nH]c2ccccc12)NC(=O)CN. The lowest BCUT2D eigenvalue weighted by Crippen LogP contribution is -2.38. The Hall–Kier alpha value is -2.02. The van der Waals surface area contributed by atoms with Gasteiger partial charge in [0.15, 0.2) is 0 Å². The number of H-pyrrole nitrogens is 1. The third-order valence-electron chi connectivity index (χ3n) is 3.20. The third kappa shape index (κ3) is 3.36. The minimum Gasteiger partial charge on any atom is -0.352 e. The van der Waals surface area contributed by atoms with Crippen molar-refractivity contribution in [3.8, 4) is 0 Å². The Kier molecular flexibility index (Phi) is 4.22. The van der Waals surface area contributed by atoms with Gasteiger partial charge in [-0.15, -0.1) is 0 Å². The predicted molar refractivity (Wildman–Crippen MR) is 73.7 cm³/mol. The highest BCUT2D eigenvalue weighted by Crippen LogP contribution is 2.36. The summed E-state index contributed by atoms with van der Waals surface area (Å²) in [4.78, 5) is 13.6. The number of aromatic amines is 1. The van der Waals surface area contributed by atoms with Crippen LogP contribution in [0.5, 0.6) is 0 Å². The lowest BCUT2D eigenvalue weighted by molar-refractivity contribution is -0.141. The number of para-hydroxylation sites is 1. The smallest absolute Gasteiger partial charge is 0.352 e. The third-order valence-corrected chi connectivity index (χ3v) is 3.20. The maximum Gasteiger partial charge on any atom is 0.431 e. The van der Waals surface area contributed by atoms with Gasteiger partial charge in [0.25, 0.3) is 0 Å². The molecule has 21 heavy (non-hydrogen) atoms. The number of hydrogen-bond donors (Lipinski definition) is 3. The molecule has 7 heteroatoms. The first kappa shape index (κ1) is 15.4. The molecule has 1 atom stereocenters. The monoisotopic (exact) mass is 299 g/mol. The van der Waals surface area contributed by atoms with Crippen LogP contribution < -0.4 is 11.1 Å². The zero-order valence-electron chi connectivity index (χ0n) is 11.4. The second kappa shape index (κ2) is 5.77. The quantitative estimate of drug-likeness (QED) is 0.810. The van der Waals surface area contributed by atoms with Gasteiger partial charge in [-0.2, -0.15) is 13.2 Å². The molecule has 0 aliphatic carbocycles. The zero-order valence-corrected chi connectivity index (χ0v) is 11.4. The average molecular weight is 299 g/mol. The number of nitrogens with two attached hydrogens (primary N) is 1. The molecule has 1 aromatic heterocycles.